The molecule has 2 aromatic rings. The monoisotopic (exact) mass is 368 g/mol. The Kier molecular flexibility index (Phi) is 4.37. The molecule has 1 unspecified atom stereocenters. The lowest BCUT2D eigenvalue weighted by Crippen LogP contribution is -2.42. The van der Waals surface area contributed by atoms with Crippen LogP contribution in [-0.2, 0) is 37.1 Å². The van der Waals surface area contributed by atoms with E-state index in [4.69, 9.17) is 0 Å². The second-order valence-electron chi connectivity index (χ2n) is 6.03. The van der Waals surface area contributed by atoms with Crippen molar-refractivity contribution in [1.29, 1.82) is 0 Å². The number of fused-ring (bicyclic) bond motifs is 1. The zero-order chi connectivity index (χ0) is 18.4. The van der Waals surface area contributed by atoms with E-state index in [0.717, 1.165) is 21.8 Å². The molecule has 2 aromatic heterocycles. The summed E-state index contributed by atoms with van der Waals surface area (Å²) < 4.78 is 31.5. The molecule has 0 saturated heterocycles. The first-order chi connectivity index (χ1) is 11.7. The minimum absolute atomic E-state index is 0.468. The molecule has 1 aliphatic heterocycles. The average Bonchev–Trinajstić information content (AvgIpc) is 3.00. The fourth-order valence-electron chi connectivity index (χ4n) is 2.87. The van der Waals surface area contributed by atoms with Crippen LogP contribution in [0.5, 0.6) is 0 Å². The Hall–Kier alpha value is -2.27. The van der Waals surface area contributed by atoms with E-state index < -0.39 is 32.2 Å². The standard InChI is InChI=1S/C14H20N6O4S/c1-4-11-15-12-9(6-5-7-20(12)16-11)17-25(23,24)10-8-18(2)14(22)19(3)13(10)21/h8-9,17H,4-7H2,1-3H3. The van der Waals surface area contributed by atoms with Gasteiger partial charge in [0.05, 0.1) is 6.04 Å². The number of nitrogens with zero attached hydrogens (tertiary/aromatic N) is 5. The predicted octanol–water partition coefficient (Wildman–Crippen LogP) is -0.949. The molecule has 3 rings (SSSR count). The summed E-state index contributed by atoms with van der Waals surface area (Å²) in [4.78, 5) is 27.9. The SMILES string of the molecule is CCc1nc2n(n1)CCCC2NS(=O)(=O)c1cn(C)c(=O)n(C)c1=O. The second kappa shape index (κ2) is 6.23. The van der Waals surface area contributed by atoms with Crippen LogP contribution in [0, 0.1) is 0 Å². The fourth-order valence-corrected chi connectivity index (χ4v) is 4.26. The summed E-state index contributed by atoms with van der Waals surface area (Å²) in [7, 11) is -1.48. The van der Waals surface area contributed by atoms with Crippen LogP contribution in [0.25, 0.3) is 0 Å². The molecule has 1 N–H and O–H groups in total. The topological polar surface area (TPSA) is 121 Å². The van der Waals surface area contributed by atoms with E-state index in [9.17, 15) is 18.0 Å². The highest BCUT2D eigenvalue weighted by Crippen LogP contribution is 2.24. The summed E-state index contributed by atoms with van der Waals surface area (Å²) in [6.45, 7) is 2.61. The Morgan fingerprint density at radius 1 is 1.32 bits per heavy atom. The van der Waals surface area contributed by atoms with Crippen LogP contribution < -0.4 is 16.0 Å². The van der Waals surface area contributed by atoms with Crippen molar-refractivity contribution in [3.05, 3.63) is 38.7 Å². The lowest BCUT2D eigenvalue weighted by molar-refractivity contribution is 0.399. The van der Waals surface area contributed by atoms with Crippen LogP contribution >= 0.6 is 0 Å². The summed E-state index contributed by atoms with van der Waals surface area (Å²) in [5, 5.41) is 4.34. The van der Waals surface area contributed by atoms with E-state index in [2.05, 4.69) is 14.8 Å². The molecular weight excluding hydrogens is 348 g/mol. The molecule has 0 saturated carbocycles. The van der Waals surface area contributed by atoms with Crippen LogP contribution in [0.3, 0.4) is 0 Å². The third-order valence-electron chi connectivity index (χ3n) is 4.24. The third kappa shape index (κ3) is 3.04. The van der Waals surface area contributed by atoms with Gasteiger partial charge < -0.3 is 4.57 Å². The Labute approximate surface area is 144 Å². The average molecular weight is 368 g/mol. The van der Waals surface area contributed by atoms with Crippen LogP contribution in [0.2, 0.25) is 0 Å². The van der Waals surface area contributed by atoms with E-state index in [-0.39, 0.29) is 0 Å². The van der Waals surface area contributed by atoms with Gasteiger partial charge in [-0.15, -0.1) is 0 Å². The molecule has 1 atom stereocenters. The van der Waals surface area contributed by atoms with Gasteiger partial charge in [-0.25, -0.2) is 27.6 Å². The summed E-state index contributed by atoms with van der Waals surface area (Å²) in [5.74, 6) is 1.20. The maximum atomic E-state index is 12.7. The van der Waals surface area contributed by atoms with Crippen molar-refractivity contribution in [2.45, 2.75) is 43.7 Å². The highest BCUT2D eigenvalue weighted by Gasteiger charge is 2.30. The lowest BCUT2D eigenvalue weighted by atomic mass is 10.1. The quantitative estimate of drug-likeness (QED) is 0.743. The number of aromatic nitrogens is 5. The molecule has 1 aliphatic rings. The molecule has 0 aromatic carbocycles. The minimum atomic E-state index is -4.12. The van der Waals surface area contributed by atoms with Gasteiger partial charge in [-0.3, -0.25) is 9.36 Å². The zero-order valence-electron chi connectivity index (χ0n) is 14.3. The van der Waals surface area contributed by atoms with Gasteiger partial charge in [-0.05, 0) is 12.8 Å². The van der Waals surface area contributed by atoms with Crippen molar-refractivity contribution in [2.24, 2.45) is 14.1 Å². The zero-order valence-corrected chi connectivity index (χ0v) is 15.1. The molecule has 0 spiro atoms. The summed E-state index contributed by atoms with van der Waals surface area (Å²) >= 11 is 0. The van der Waals surface area contributed by atoms with Gasteiger partial charge in [0, 0.05) is 33.3 Å². The van der Waals surface area contributed by atoms with Gasteiger partial charge in [0.25, 0.3) is 5.56 Å². The molecule has 0 aliphatic carbocycles. The normalized spacial score (nSPS) is 17.5. The van der Waals surface area contributed by atoms with Gasteiger partial charge in [0.2, 0.25) is 10.0 Å². The molecular formula is C14H20N6O4S. The van der Waals surface area contributed by atoms with E-state index >= 15 is 0 Å². The van der Waals surface area contributed by atoms with Crippen molar-refractivity contribution in [3.63, 3.8) is 0 Å². The highest BCUT2D eigenvalue weighted by molar-refractivity contribution is 7.89. The number of nitrogens with one attached hydrogen (secondary N) is 1. The van der Waals surface area contributed by atoms with Crippen LogP contribution in [0.4, 0.5) is 0 Å². The number of aryl methyl sites for hydroxylation is 3. The van der Waals surface area contributed by atoms with E-state index in [1.54, 1.807) is 4.68 Å². The first-order valence-electron chi connectivity index (χ1n) is 7.97. The van der Waals surface area contributed by atoms with Gasteiger partial charge in [0.1, 0.15) is 5.82 Å². The van der Waals surface area contributed by atoms with E-state index in [1.807, 2.05) is 6.92 Å². The van der Waals surface area contributed by atoms with Gasteiger partial charge in [-0.1, -0.05) is 6.92 Å². The van der Waals surface area contributed by atoms with Crippen LogP contribution in [-0.4, -0.2) is 32.3 Å². The number of rotatable bonds is 4. The molecule has 3 heterocycles. The van der Waals surface area contributed by atoms with Crippen molar-refractivity contribution in [1.82, 2.24) is 28.6 Å². The van der Waals surface area contributed by atoms with Gasteiger partial charge >= 0.3 is 5.69 Å². The van der Waals surface area contributed by atoms with Crippen molar-refractivity contribution in [3.8, 4) is 0 Å². The first kappa shape index (κ1) is 17.5. The summed E-state index contributed by atoms with van der Waals surface area (Å²) in [6, 6.07) is -0.562. The highest BCUT2D eigenvalue weighted by atomic mass is 32.2. The Bertz CT molecular complexity index is 1030. The molecule has 0 fully saturated rings. The van der Waals surface area contributed by atoms with E-state index in [0.29, 0.717) is 31.0 Å². The first-order valence-corrected chi connectivity index (χ1v) is 9.45. The fraction of sp³-hybridized carbons (Fsp3) is 0.571. The second-order valence-corrected chi connectivity index (χ2v) is 7.71. The molecule has 0 bridgehead atoms. The predicted molar refractivity (Wildman–Crippen MR) is 88.6 cm³/mol. The van der Waals surface area contributed by atoms with Gasteiger partial charge in [0.15, 0.2) is 10.7 Å². The molecule has 0 amide bonds. The molecule has 0 radical (unpaired) electrons. The molecule has 136 valence electrons. The largest absolute Gasteiger partial charge is 0.330 e. The number of hydrogen-bond acceptors (Lipinski definition) is 6. The third-order valence-corrected chi connectivity index (χ3v) is 5.69. The van der Waals surface area contributed by atoms with Crippen LogP contribution in [0.1, 0.15) is 37.5 Å². The Morgan fingerprint density at radius 3 is 2.72 bits per heavy atom. The maximum Gasteiger partial charge on any atom is 0.330 e. The summed E-state index contributed by atoms with van der Waals surface area (Å²) in [6.07, 6.45) is 3.00. The van der Waals surface area contributed by atoms with Gasteiger partial charge in [-0.2, -0.15) is 5.10 Å². The van der Waals surface area contributed by atoms with E-state index in [1.165, 1.54) is 14.1 Å². The van der Waals surface area contributed by atoms with Crippen molar-refractivity contribution in [2.75, 3.05) is 0 Å². The maximum absolute atomic E-state index is 12.7. The Balaban J connectivity index is 2.01. The van der Waals surface area contributed by atoms with Crippen molar-refractivity contribution >= 4 is 10.0 Å². The number of sulfonamides is 1. The molecule has 25 heavy (non-hydrogen) atoms. The van der Waals surface area contributed by atoms with Crippen molar-refractivity contribution < 1.29 is 8.42 Å². The molecule has 11 heteroatoms. The number of hydrogen-bond donors (Lipinski definition) is 1. The smallest absolute Gasteiger partial charge is 0.302 e. The summed E-state index contributed by atoms with van der Waals surface area (Å²) in [5.41, 5.74) is -1.45. The Morgan fingerprint density at radius 2 is 2.04 bits per heavy atom. The lowest BCUT2D eigenvalue weighted by Gasteiger charge is -2.23. The minimum Gasteiger partial charge on any atom is -0.302 e. The van der Waals surface area contributed by atoms with Crippen LogP contribution in [0.15, 0.2) is 20.7 Å². The molecule has 10 nitrogen and oxygen atoms in total.